The average Bonchev–Trinajstić information content (AvgIpc) is 2.35. The predicted octanol–water partition coefficient (Wildman–Crippen LogP) is 0.629. The van der Waals surface area contributed by atoms with Crippen LogP contribution in [-0.2, 0) is 16.0 Å². The number of carboxylic acid groups (broad SMARTS) is 1. The summed E-state index contributed by atoms with van der Waals surface area (Å²) < 4.78 is 12.9. The molecule has 0 saturated heterocycles. The van der Waals surface area contributed by atoms with Gasteiger partial charge >= 0.3 is 5.97 Å². The lowest BCUT2D eigenvalue weighted by atomic mass is 10.1. The molecule has 0 heterocycles. The van der Waals surface area contributed by atoms with E-state index in [4.69, 9.17) is 10.8 Å². The third-order valence-electron chi connectivity index (χ3n) is 2.76. The molecule has 0 aliphatic heterocycles. The van der Waals surface area contributed by atoms with Crippen LogP contribution in [0.1, 0.15) is 12.0 Å². The van der Waals surface area contributed by atoms with Gasteiger partial charge in [0.15, 0.2) is 0 Å². The summed E-state index contributed by atoms with van der Waals surface area (Å²) in [4.78, 5) is 23.6. The van der Waals surface area contributed by atoms with Gasteiger partial charge in [0.2, 0.25) is 5.91 Å². The van der Waals surface area contributed by atoms with Crippen molar-refractivity contribution in [3.63, 3.8) is 0 Å². The number of carbonyl (C=O) groups excluding carboxylic acids is 1. The van der Waals surface area contributed by atoms with Crippen molar-refractivity contribution >= 4 is 11.9 Å². The monoisotopic (exact) mass is 268 g/mol. The Balaban J connectivity index is 2.44. The third-order valence-corrected chi connectivity index (χ3v) is 2.76. The summed E-state index contributed by atoms with van der Waals surface area (Å²) in [6, 6.07) is 4.94. The summed E-state index contributed by atoms with van der Waals surface area (Å²) in [5, 5.41) is 8.61. The summed E-state index contributed by atoms with van der Waals surface area (Å²) in [7, 11) is 1.57. The fraction of sp³-hybridized carbons (Fsp3) is 0.385. The molecule has 19 heavy (non-hydrogen) atoms. The standard InChI is InChI=1S/C13H17FN2O3/c1-16(12(17)8-11(15)13(18)19)6-5-9-3-2-4-10(14)7-9/h2-4,7,11H,5-6,8,15H2,1H3,(H,18,19). The van der Waals surface area contributed by atoms with Crippen LogP contribution < -0.4 is 5.73 Å². The number of benzene rings is 1. The van der Waals surface area contributed by atoms with E-state index in [1.807, 2.05) is 0 Å². The lowest BCUT2D eigenvalue weighted by molar-refractivity contribution is -0.142. The van der Waals surface area contributed by atoms with Gasteiger partial charge in [-0.25, -0.2) is 4.39 Å². The molecule has 0 aliphatic rings. The molecule has 1 rings (SSSR count). The Morgan fingerprint density at radius 3 is 2.74 bits per heavy atom. The summed E-state index contributed by atoms with van der Waals surface area (Å²) in [5.41, 5.74) is 6.07. The largest absolute Gasteiger partial charge is 0.480 e. The van der Waals surface area contributed by atoms with E-state index >= 15 is 0 Å². The maximum atomic E-state index is 12.9. The van der Waals surface area contributed by atoms with E-state index in [0.29, 0.717) is 13.0 Å². The lowest BCUT2D eigenvalue weighted by Gasteiger charge is -2.18. The van der Waals surface area contributed by atoms with E-state index in [2.05, 4.69) is 0 Å². The Morgan fingerprint density at radius 1 is 1.47 bits per heavy atom. The lowest BCUT2D eigenvalue weighted by Crippen LogP contribution is -2.38. The molecule has 3 N–H and O–H groups in total. The molecule has 1 atom stereocenters. The molecule has 0 radical (unpaired) electrons. The van der Waals surface area contributed by atoms with Crippen LogP contribution in [-0.4, -0.2) is 41.5 Å². The molecule has 1 aromatic carbocycles. The first kappa shape index (κ1) is 15.1. The topological polar surface area (TPSA) is 83.6 Å². The highest BCUT2D eigenvalue weighted by Gasteiger charge is 2.18. The van der Waals surface area contributed by atoms with Crippen LogP contribution in [0.25, 0.3) is 0 Å². The maximum absolute atomic E-state index is 12.9. The van der Waals surface area contributed by atoms with Crippen LogP contribution in [0.2, 0.25) is 0 Å². The van der Waals surface area contributed by atoms with Gasteiger partial charge in [-0.3, -0.25) is 9.59 Å². The zero-order valence-corrected chi connectivity index (χ0v) is 10.7. The molecule has 5 nitrogen and oxygen atoms in total. The zero-order chi connectivity index (χ0) is 14.4. The highest BCUT2D eigenvalue weighted by Crippen LogP contribution is 2.05. The molecule has 0 bridgehead atoms. The van der Waals surface area contributed by atoms with Crippen molar-refractivity contribution < 1.29 is 19.1 Å². The fourth-order valence-corrected chi connectivity index (χ4v) is 1.55. The summed E-state index contributed by atoms with van der Waals surface area (Å²) >= 11 is 0. The minimum absolute atomic E-state index is 0.241. The second-order valence-electron chi connectivity index (χ2n) is 4.34. The van der Waals surface area contributed by atoms with E-state index in [1.54, 1.807) is 19.2 Å². The summed E-state index contributed by atoms with van der Waals surface area (Å²) in [5.74, 6) is -1.86. The smallest absolute Gasteiger partial charge is 0.321 e. The number of hydrogen-bond donors (Lipinski definition) is 2. The van der Waals surface area contributed by atoms with Crippen molar-refractivity contribution in [2.75, 3.05) is 13.6 Å². The number of carbonyl (C=O) groups is 2. The first-order chi connectivity index (χ1) is 8.90. The number of hydrogen-bond acceptors (Lipinski definition) is 3. The highest BCUT2D eigenvalue weighted by molar-refractivity contribution is 5.84. The number of nitrogens with zero attached hydrogens (tertiary/aromatic N) is 1. The van der Waals surface area contributed by atoms with Crippen LogP contribution >= 0.6 is 0 Å². The second-order valence-corrected chi connectivity index (χ2v) is 4.34. The third kappa shape index (κ3) is 5.05. The number of amides is 1. The van der Waals surface area contributed by atoms with Gasteiger partial charge in [0.05, 0.1) is 6.42 Å². The molecule has 0 aromatic heterocycles. The van der Waals surface area contributed by atoms with E-state index in [1.165, 1.54) is 17.0 Å². The molecule has 0 spiro atoms. The number of halogens is 1. The van der Waals surface area contributed by atoms with Crippen molar-refractivity contribution in [3.05, 3.63) is 35.6 Å². The number of nitrogens with two attached hydrogens (primary N) is 1. The zero-order valence-electron chi connectivity index (χ0n) is 10.7. The van der Waals surface area contributed by atoms with Crippen molar-refractivity contribution in [1.82, 2.24) is 4.90 Å². The molecule has 1 unspecified atom stereocenters. The number of rotatable bonds is 6. The van der Waals surface area contributed by atoms with Crippen molar-refractivity contribution in [2.45, 2.75) is 18.9 Å². The number of carboxylic acids is 1. The SMILES string of the molecule is CN(CCc1cccc(F)c1)C(=O)CC(N)C(=O)O. The van der Waals surface area contributed by atoms with Gasteiger partial charge in [0.25, 0.3) is 0 Å². The van der Waals surface area contributed by atoms with Crippen molar-refractivity contribution in [1.29, 1.82) is 0 Å². The summed E-state index contributed by atoms with van der Waals surface area (Å²) in [6.07, 6.45) is 0.261. The molecular weight excluding hydrogens is 251 g/mol. The second kappa shape index (κ2) is 6.84. The van der Waals surface area contributed by atoms with E-state index in [0.717, 1.165) is 5.56 Å². The average molecular weight is 268 g/mol. The molecule has 1 amide bonds. The Kier molecular flexibility index (Phi) is 5.44. The molecule has 1 aromatic rings. The van der Waals surface area contributed by atoms with Crippen LogP contribution in [0, 0.1) is 5.82 Å². The molecule has 6 heteroatoms. The van der Waals surface area contributed by atoms with Gasteiger partial charge in [0.1, 0.15) is 11.9 Å². The van der Waals surface area contributed by atoms with Crippen LogP contribution in [0.15, 0.2) is 24.3 Å². The molecule has 0 saturated carbocycles. The summed E-state index contributed by atoms with van der Waals surface area (Å²) in [6.45, 7) is 0.384. The number of likely N-dealkylation sites (N-methyl/N-ethyl adjacent to an activating group) is 1. The normalized spacial score (nSPS) is 11.9. The molecular formula is C13H17FN2O3. The molecule has 0 aliphatic carbocycles. The van der Waals surface area contributed by atoms with Gasteiger partial charge in [-0.05, 0) is 24.1 Å². The minimum atomic E-state index is -1.20. The van der Waals surface area contributed by atoms with Crippen LogP contribution in [0.4, 0.5) is 4.39 Å². The minimum Gasteiger partial charge on any atom is -0.480 e. The first-order valence-electron chi connectivity index (χ1n) is 5.87. The van der Waals surface area contributed by atoms with Gasteiger partial charge in [-0.15, -0.1) is 0 Å². The Labute approximate surface area is 110 Å². The fourth-order valence-electron chi connectivity index (χ4n) is 1.55. The van der Waals surface area contributed by atoms with Crippen LogP contribution in [0.3, 0.4) is 0 Å². The van der Waals surface area contributed by atoms with E-state index in [9.17, 15) is 14.0 Å². The quantitative estimate of drug-likeness (QED) is 0.792. The van der Waals surface area contributed by atoms with Gasteiger partial charge in [-0.2, -0.15) is 0 Å². The Hall–Kier alpha value is -1.95. The predicted molar refractivity (Wildman–Crippen MR) is 68.0 cm³/mol. The molecule has 104 valence electrons. The van der Waals surface area contributed by atoms with Crippen molar-refractivity contribution in [2.24, 2.45) is 5.73 Å². The van der Waals surface area contributed by atoms with Gasteiger partial charge in [-0.1, -0.05) is 12.1 Å². The highest BCUT2D eigenvalue weighted by atomic mass is 19.1. The Bertz CT molecular complexity index is 465. The van der Waals surface area contributed by atoms with E-state index < -0.39 is 12.0 Å². The van der Waals surface area contributed by atoms with Crippen molar-refractivity contribution in [3.8, 4) is 0 Å². The Morgan fingerprint density at radius 2 is 2.16 bits per heavy atom. The maximum Gasteiger partial charge on any atom is 0.321 e. The molecule has 0 fully saturated rings. The van der Waals surface area contributed by atoms with Gasteiger partial charge in [0, 0.05) is 13.6 Å². The van der Waals surface area contributed by atoms with Gasteiger partial charge < -0.3 is 15.7 Å². The van der Waals surface area contributed by atoms with E-state index in [-0.39, 0.29) is 18.1 Å². The first-order valence-corrected chi connectivity index (χ1v) is 5.87. The van der Waals surface area contributed by atoms with Crippen LogP contribution in [0.5, 0.6) is 0 Å². The number of aliphatic carboxylic acids is 1.